The van der Waals surface area contributed by atoms with Gasteiger partial charge in [-0.15, -0.1) is 0 Å². The number of piperazine rings is 1. The molecule has 0 spiro atoms. The van der Waals surface area contributed by atoms with Crippen LogP contribution in [0.25, 0.3) is 0 Å². The van der Waals surface area contributed by atoms with Gasteiger partial charge in [-0.2, -0.15) is 5.10 Å². The highest BCUT2D eigenvalue weighted by Gasteiger charge is 2.14. The van der Waals surface area contributed by atoms with Crippen LogP contribution < -0.4 is 16.0 Å². The minimum atomic E-state index is 0.0968. The van der Waals surface area contributed by atoms with Crippen LogP contribution in [0.3, 0.4) is 0 Å². The van der Waals surface area contributed by atoms with Gasteiger partial charge in [0.2, 0.25) is 5.91 Å². The number of hydrazone groups is 1. The highest BCUT2D eigenvalue weighted by molar-refractivity contribution is 7.36. The predicted molar refractivity (Wildman–Crippen MR) is 160 cm³/mol. The first kappa shape index (κ1) is 29.2. The van der Waals surface area contributed by atoms with Crippen LogP contribution >= 0.6 is 9.24 Å². The van der Waals surface area contributed by atoms with Crippen LogP contribution in [0.5, 0.6) is 0 Å². The number of allylic oxidation sites excluding steroid dienone is 2. The molecule has 2 heterocycles. The van der Waals surface area contributed by atoms with Crippen LogP contribution in [-0.2, 0) is 22.7 Å². The van der Waals surface area contributed by atoms with Crippen molar-refractivity contribution in [2.45, 2.75) is 26.4 Å². The number of benzene rings is 2. The second kappa shape index (κ2) is 15.8. The summed E-state index contributed by atoms with van der Waals surface area (Å²) >= 11 is 0. The Kier molecular flexibility index (Phi) is 12.2. The largest absolute Gasteiger partial charge is 0.385 e. The minimum Gasteiger partial charge on any atom is -0.385 e. The zero-order valence-corrected chi connectivity index (χ0v) is 23.3. The van der Waals surface area contributed by atoms with E-state index in [0.29, 0.717) is 25.5 Å². The van der Waals surface area contributed by atoms with Gasteiger partial charge in [0, 0.05) is 63.5 Å². The van der Waals surface area contributed by atoms with Gasteiger partial charge in [-0.25, -0.2) is 0 Å². The van der Waals surface area contributed by atoms with Crippen molar-refractivity contribution >= 4 is 32.6 Å². The number of carbonyl (C=O) groups excluding carboxylic acids is 2. The van der Waals surface area contributed by atoms with Crippen LogP contribution in [0.2, 0.25) is 0 Å². The summed E-state index contributed by atoms with van der Waals surface area (Å²) in [6.07, 6.45) is 4.54. The third-order valence-corrected chi connectivity index (χ3v) is 6.24. The van der Waals surface area contributed by atoms with Crippen LogP contribution in [0, 0.1) is 0 Å². The molecule has 1 atom stereocenters. The van der Waals surface area contributed by atoms with Crippen molar-refractivity contribution < 1.29 is 9.59 Å². The van der Waals surface area contributed by atoms with Gasteiger partial charge in [-0.3, -0.25) is 14.6 Å². The molecule has 2 aromatic carbocycles. The predicted octanol–water partition coefficient (Wildman–Crippen LogP) is 3.37. The summed E-state index contributed by atoms with van der Waals surface area (Å²) in [5.41, 5.74) is 6.15. The lowest BCUT2D eigenvalue weighted by Gasteiger charge is -2.26. The molecule has 2 aliphatic rings. The normalized spacial score (nSPS) is 15.3. The molecule has 0 aromatic heterocycles. The van der Waals surface area contributed by atoms with E-state index in [2.05, 4.69) is 82.9 Å². The van der Waals surface area contributed by atoms with Crippen molar-refractivity contribution in [3.63, 3.8) is 0 Å². The molecule has 8 nitrogen and oxygen atoms in total. The standard InChI is InChI=1S/C28H36N6O.CH3OP/c1-3-30-26-6-4-5-24(19-26)21-34-22(2)7-12-27(32-34)25-10-8-23(9-11-25)20-31-28(35)13-16-33-17-14-29-15-18-33;2-1-3/h4-12,19,29-30H,2-3,13-18,20-21H2,1H3,(H,31,35);1H,3H2. The van der Waals surface area contributed by atoms with E-state index < -0.39 is 0 Å². The van der Waals surface area contributed by atoms with E-state index in [1.54, 1.807) is 0 Å². The van der Waals surface area contributed by atoms with Crippen LogP contribution in [0.15, 0.2) is 78.1 Å². The van der Waals surface area contributed by atoms with Crippen molar-refractivity contribution in [3.05, 3.63) is 89.6 Å². The summed E-state index contributed by atoms with van der Waals surface area (Å²) in [6, 6.07) is 17.3. The summed E-state index contributed by atoms with van der Waals surface area (Å²) in [5.74, 6) is 0.0968. The molecule has 0 bridgehead atoms. The lowest BCUT2D eigenvalue weighted by Crippen LogP contribution is -2.44. The van der Waals surface area contributed by atoms with Gasteiger partial charge in [0.05, 0.1) is 18.0 Å². The Bertz CT molecular complexity index is 1130. The first-order valence-electron chi connectivity index (χ1n) is 13.0. The van der Waals surface area contributed by atoms with Gasteiger partial charge in [0.15, 0.2) is 0 Å². The van der Waals surface area contributed by atoms with Crippen molar-refractivity contribution in [1.82, 2.24) is 20.5 Å². The molecule has 1 saturated heterocycles. The van der Waals surface area contributed by atoms with E-state index in [9.17, 15) is 4.79 Å². The summed E-state index contributed by atoms with van der Waals surface area (Å²) in [4.78, 5) is 23.4. The Morgan fingerprint density at radius 2 is 1.87 bits per heavy atom. The molecule has 0 saturated carbocycles. The summed E-state index contributed by atoms with van der Waals surface area (Å²) in [7, 11) is 1.90. The molecule has 0 radical (unpaired) electrons. The second-order valence-corrected chi connectivity index (χ2v) is 9.32. The van der Waals surface area contributed by atoms with Crippen LogP contribution in [0.4, 0.5) is 5.69 Å². The minimum absolute atomic E-state index is 0.0968. The smallest absolute Gasteiger partial charge is 0.221 e. The third kappa shape index (κ3) is 9.53. The van der Waals surface area contributed by atoms with Crippen molar-refractivity contribution in [2.75, 3.05) is 44.6 Å². The average molecular weight is 535 g/mol. The number of hydrogen-bond donors (Lipinski definition) is 3. The SMILES string of the molecule is C=C1C=CC(c2ccc(CNC(=O)CCN3CCNCC3)cc2)=NN1Cc1cccc(NCC)c1.O=CP. The van der Waals surface area contributed by atoms with E-state index in [4.69, 9.17) is 9.90 Å². The summed E-state index contributed by atoms with van der Waals surface area (Å²) in [5, 5.41) is 16.5. The van der Waals surface area contributed by atoms with Gasteiger partial charge in [0.25, 0.3) is 0 Å². The van der Waals surface area contributed by atoms with E-state index in [1.165, 1.54) is 5.56 Å². The Balaban J connectivity index is 0.00000127. The van der Waals surface area contributed by atoms with Gasteiger partial charge in [-0.1, -0.05) is 52.2 Å². The maximum atomic E-state index is 12.2. The van der Waals surface area contributed by atoms with Gasteiger partial charge < -0.3 is 20.9 Å². The molecule has 2 aliphatic heterocycles. The number of nitrogens with one attached hydrogen (secondary N) is 3. The maximum Gasteiger partial charge on any atom is 0.221 e. The number of carbonyl (C=O) groups is 2. The molecule has 1 unspecified atom stereocenters. The van der Waals surface area contributed by atoms with E-state index in [0.717, 1.165) is 67.5 Å². The van der Waals surface area contributed by atoms with Crippen LogP contribution in [0.1, 0.15) is 30.0 Å². The Hall–Kier alpha value is -3.32. The van der Waals surface area contributed by atoms with Crippen molar-refractivity contribution in [2.24, 2.45) is 5.10 Å². The van der Waals surface area contributed by atoms with Crippen molar-refractivity contribution in [1.29, 1.82) is 0 Å². The maximum absolute atomic E-state index is 12.2. The van der Waals surface area contributed by atoms with Gasteiger partial charge in [0.1, 0.15) is 6.03 Å². The van der Waals surface area contributed by atoms with Crippen molar-refractivity contribution in [3.8, 4) is 0 Å². The average Bonchev–Trinajstić information content (AvgIpc) is 2.94. The first-order chi connectivity index (χ1) is 18.5. The zero-order chi connectivity index (χ0) is 27.2. The number of rotatable bonds is 10. The molecular formula is C29H39N6O2P. The quantitative estimate of drug-likeness (QED) is 0.320. The number of hydrogen-bond acceptors (Lipinski definition) is 7. The van der Waals surface area contributed by atoms with E-state index >= 15 is 0 Å². The summed E-state index contributed by atoms with van der Waals surface area (Å²) < 4.78 is 0. The molecule has 4 rings (SSSR count). The molecule has 1 fully saturated rings. The number of amides is 1. The first-order valence-corrected chi connectivity index (χ1v) is 13.7. The summed E-state index contributed by atoms with van der Waals surface area (Å²) in [6.45, 7) is 13.2. The molecule has 202 valence electrons. The Labute approximate surface area is 228 Å². The zero-order valence-electron chi connectivity index (χ0n) is 22.2. The molecule has 0 aliphatic carbocycles. The topological polar surface area (TPSA) is 89.1 Å². The number of nitrogens with zero attached hydrogens (tertiary/aromatic N) is 3. The highest BCUT2D eigenvalue weighted by Crippen LogP contribution is 2.20. The molecule has 38 heavy (non-hydrogen) atoms. The lowest BCUT2D eigenvalue weighted by atomic mass is 10.1. The monoisotopic (exact) mass is 534 g/mol. The molecular weight excluding hydrogens is 495 g/mol. The fraction of sp³-hybridized carbons (Fsp3) is 0.345. The molecule has 3 N–H and O–H groups in total. The molecule has 2 aromatic rings. The molecule has 9 heteroatoms. The highest BCUT2D eigenvalue weighted by atomic mass is 31.0. The Morgan fingerprint density at radius 1 is 1.13 bits per heavy atom. The lowest BCUT2D eigenvalue weighted by molar-refractivity contribution is -0.121. The Morgan fingerprint density at radius 3 is 2.58 bits per heavy atom. The fourth-order valence-corrected chi connectivity index (χ4v) is 4.21. The second-order valence-electron chi connectivity index (χ2n) is 9.05. The third-order valence-electron chi connectivity index (χ3n) is 6.24. The van der Waals surface area contributed by atoms with E-state index in [1.807, 2.05) is 26.4 Å². The van der Waals surface area contributed by atoms with E-state index in [-0.39, 0.29) is 5.91 Å². The number of anilines is 1. The van der Waals surface area contributed by atoms with Gasteiger partial charge >= 0.3 is 0 Å². The molecule has 1 amide bonds. The van der Waals surface area contributed by atoms with Gasteiger partial charge in [-0.05, 0) is 42.3 Å². The fourth-order valence-electron chi connectivity index (χ4n) is 4.21. The van der Waals surface area contributed by atoms with Crippen LogP contribution in [-0.4, -0.2) is 66.8 Å².